The van der Waals surface area contributed by atoms with Gasteiger partial charge in [-0.25, -0.2) is 0 Å². The van der Waals surface area contributed by atoms with E-state index in [4.69, 9.17) is 15.6 Å². The molecule has 1 aromatic rings. The predicted octanol–water partition coefficient (Wildman–Crippen LogP) is 2.30. The summed E-state index contributed by atoms with van der Waals surface area (Å²) in [6.45, 7) is 5.40. The van der Waals surface area contributed by atoms with Gasteiger partial charge in [0.05, 0.1) is 5.92 Å². The lowest BCUT2D eigenvalue weighted by molar-refractivity contribution is -0.157. The van der Waals surface area contributed by atoms with Crippen LogP contribution in [0.1, 0.15) is 45.1 Å². The molecule has 2 atom stereocenters. The molecule has 0 aromatic heterocycles. The average molecular weight is 293 g/mol. The summed E-state index contributed by atoms with van der Waals surface area (Å²) in [6, 6.07) is 8.23. The number of rotatable bonds is 6. The largest absolute Gasteiger partial charge is 0.480 e. The van der Waals surface area contributed by atoms with E-state index in [1.807, 2.05) is 30.3 Å². The van der Waals surface area contributed by atoms with Crippen molar-refractivity contribution in [2.24, 2.45) is 5.73 Å². The van der Waals surface area contributed by atoms with E-state index in [0.29, 0.717) is 6.42 Å². The van der Waals surface area contributed by atoms with Crippen LogP contribution in [-0.4, -0.2) is 28.7 Å². The van der Waals surface area contributed by atoms with Crippen LogP contribution in [0.25, 0.3) is 0 Å². The normalized spacial score (nSPS) is 14.3. The molecule has 0 radical (unpaired) electrons. The number of hydrogen-bond donors (Lipinski definition) is 2. The van der Waals surface area contributed by atoms with Crippen LogP contribution in [0.4, 0.5) is 0 Å². The average Bonchev–Trinajstić information content (AvgIpc) is 2.37. The smallest absolute Gasteiger partial charge is 0.320 e. The fourth-order valence-electron chi connectivity index (χ4n) is 1.95. The van der Waals surface area contributed by atoms with Gasteiger partial charge < -0.3 is 15.6 Å². The molecule has 0 saturated heterocycles. The standard InChI is InChI=1S/C16H23NO4/c1-16(2,3)21-15(20)12(9-10-13(17)14(18)19)11-7-5-4-6-8-11/h4-8,12-13H,9-10,17H2,1-3H3,(H,18,19)/t12-,13-/m0/s1. The highest BCUT2D eigenvalue weighted by atomic mass is 16.6. The maximum absolute atomic E-state index is 12.3. The first kappa shape index (κ1) is 17.2. The van der Waals surface area contributed by atoms with E-state index in [0.717, 1.165) is 5.56 Å². The van der Waals surface area contributed by atoms with Gasteiger partial charge in [-0.1, -0.05) is 30.3 Å². The molecule has 1 rings (SSSR count). The van der Waals surface area contributed by atoms with Crippen molar-refractivity contribution >= 4 is 11.9 Å². The molecule has 0 aliphatic heterocycles. The second-order valence-corrected chi connectivity index (χ2v) is 6.02. The van der Waals surface area contributed by atoms with E-state index in [9.17, 15) is 9.59 Å². The Morgan fingerprint density at radius 1 is 1.19 bits per heavy atom. The number of carboxylic acids is 1. The molecule has 0 fully saturated rings. The number of carbonyl (C=O) groups is 2. The summed E-state index contributed by atoms with van der Waals surface area (Å²) < 4.78 is 5.42. The summed E-state index contributed by atoms with van der Waals surface area (Å²) in [5, 5.41) is 8.85. The molecule has 5 nitrogen and oxygen atoms in total. The summed E-state index contributed by atoms with van der Waals surface area (Å²) in [4.78, 5) is 23.1. The Labute approximate surface area is 125 Å². The molecule has 0 saturated carbocycles. The van der Waals surface area contributed by atoms with Crippen molar-refractivity contribution in [2.45, 2.75) is 51.2 Å². The van der Waals surface area contributed by atoms with Crippen molar-refractivity contribution in [1.29, 1.82) is 0 Å². The van der Waals surface area contributed by atoms with Crippen molar-refractivity contribution in [1.82, 2.24) is 0 Å². The second kappa shape index (κ2) is 7.22. The molecule has 0 aliphatic carbocycles. The molecule has 0 heterocycles. The maximum Gasteiger partial charge on any atom is 0.320 e. The number of carboxylic acid groups (broad SMARTS) is 1. The molecular weight excluding hydrogens is 270 g/mol. The number of aliphatic carboxylic acids is 1. The summed E-state index contributed by atoms with van der Waals surface area (Å²) in [6.07, 6.45) is 0.556. The third kappa shape index (κ3) is 5.95. The van der Waals surface area contributed by atoms with Crippen LogP contribution in [0.2, 0.25) is 0 Å². The predicted molar refractivity (Wildman–Crippen MR) is 79.9 cm³/mol. The fraction of sp³-hybridized carbons (Fsp3) is 0.500. The quantitative estimate of drug-likeness (QED) is 0.785. The van der Waals surface area contributed by atoms with Crippen LogP contribution < -0.4 is 5.73 Å². The molecule has 116 valence electrons. The van der Waals surface area contributed by atoms with Crippen LogP contribution in [0.3, 0.4) is 0 Å². The first-order valence-corrected chi connectivity index (χ1v) is 6.97. The van der Waals surface area contributed by atoms with E-state index < -0.39 is 23.5 Å². The Kier molecular flexibility index (Phi) is 5.90. The molecule has 0 unspecified atom stereocenters. The number of esters is 1. The SMILES string of the molecule is CC(C)(C)OC(=O)[C@@H](CC[C@H](N)C(=O)O)c1ccccc1. The van der Waals surface area contributed by atoms with Gasteiger partial charge in [0, 0.05) is 0 Å². The van der Waals surface area contributed by atoms with Gasteiger partial charge in [-0.15, -0.1) is 0 Å². The Morgan fingerprint density at radius 3 is 2.24 bits per heavy atom. The molecule has 1 aromatic carbocycles. The Morgan fingerprint density at radius 2 is 1.76 bits per heavy atom. The zero-order chi connectivity index (χ0) is 16.0. The second-order valence-electron chi connectivity index (χ2n) is 6.02. The Hall–Kier alpha value is -1.88. The first-order valence-electron chi connectivity index (χ1n) is 6.97. The van der Waals surface area contributed by atoms with Crippen molar-refractivity contribution < 1.29 is 19.4 Å². The molecule has 3 N–H and O–H groups in total. The van der Waals surface area contributed by atoms with E-state index in [2.05, 4.69) is 0 Å². The van der Waals surface area contributed by atoms with Crippen molar-refractivity contribution in [3.63, 3.8) is 0 Å². The van der Waals surface area contributed by atoms with Gasteiger partial charge in [-0.05, 0) is 39.2 Å². The molecule has 0 bridgehead atoms. The third-order valence-electron chi connectivity index (χ3n) is 2.98. The van der Waals surface area contributed by atoms with E-state index in [1.165, 1.54) is 0 Å². The van der Waals surface area contributed by atoms with E-state index in [1.54, 1.807) is 20.8 Å². The monoisotopic (exact) mass is 293 g/mol. The highest BCUT2D eigenvalue weighted by Gasteiger charge is 2.27. The van der Waals surface area contributed by atoms with Gasteiger partial charge in [0.1, 0.15) is 11.6 Å². The number of carbonyl (C=O) groups excluding carboxylic acids is 1. The summed E-state index contributed by atoms with van der Waals surface area (Å²) >= 11 is 0. The lowest BCUT2D eigenvalue weighted by Crippen LogP contribution is -2.32. The van der Waals surface area contributed by atoms with E-state index >= 15 is 0 Å². The van der Waals surface area contributed by atoms with E-state index in [-0.39, 0.29) is 12.4 Å². The zero-order valence-corrected chi connectivity index (χ0v) is 12.7. The van der Waals surface area contributed by atoms with Gasteiger partial charge in [0.25, 0.3) is 0 Å². The van der Waals surface area contributed by atoms with Crippen LogP contribution in [0.5, 0.6) is 0 Å². The van der Waals surface area contributed by atoms with Crippen LogP contribution in [-0.2, 0) is 14.3 Å². The van der Waals surface area contributed by atoms with Gasteiger partial charge in [0.2, 0.25) is 0 Å². The van der Waals surface area contributed by atoms with Gasteiger partial charge in [-0.3, -0.25) is 9.59 Å². The summed E-state index contributed by atoms with van der Waals surface area (Å²) in [7, 11) is 0. The minimum atomic E-state index is -1.06. The Balaban J connectivity index is 2.85. The Bertz CT molecular complexity index is 479. The highest BCUT2D eigenvalue weighted by molar-refractivity contribution is 5.79. The van der Waals surface area contributed by atoms with Crippen molar-refractivity contribution in [3.05, 3.63) is 35.9 Å². The van der Waals surface area contributed by atoms with Crippen LogP contribution in [0.15, 0.2) is 30.3 Å². The number of ether oxygens (including phenoxy) is 1. The molecule has 0 spiro atoms. The van der Waals surface area contributed by atoms with Crippen molar-refractivity contribution in [2.75, 3.05) is 0 Å². The number of nitrogens with two attached hydrogens (primary N) is 1. The molecule has 0 amide bonds. The van der Waals surface area contributed by atoms with Gasteiger partial charge >= 0.3 is 11.9 Å². The van der Waals surface area contributed by atoms with Crippen LogP contribution >= 0.6 is 0 Å². The molecule has 5 heteroatoms. The topological polar surface area (TPSA) is 89.6 Å². The lowest BCUT2D eigenvalue weighted by Gasteiger charge is -2.24. The van der Waals surface area contributed by atoms with Crippen LogP contribution in [0, 0.1) is 0 Å². The van der Waals surface area contributed by atoms with Gasteiger partial charge in [-0.2, -0.15) is 0 Å². The number of benzene rings is 1. The minimum absolute atomic E-state index is 0.216. The fourth-order valence-corrected chi connectivity index (χ4v) is 1.95. The summed E-state index contributed by atoms with van der Waals surface area (Å²) in [5.41, 5.74) is 5.74. The molecular formula is C16H23NO4. The number of hydrogen-bond acceptors (Lipinski definition) is 4. The summed E-state index contributed by atoms with van der Waals surface area (Å²) in [5.74, 6) is -1.92. The molecule has 0 aliphatic rings. The molecule has 21 heavy (non-hydrogen) atoms. The zero-order valence-electron chi connectivity index (χ0n) is 12.7. The lowest BCUT2D eigenvalue weighted by atomic mass is 9.92. The minimum Gasteiger partial charge on any atom is -0.480 e. The van der Waals surface area contributed by atoms with Crippen molar-refractivity contribution in [3.8, 4) is 0 Å². The first-order chi connectivity index (χ1) is 9.70. The third-order valence-corrected chi connectivity index (χ3v) is 2.98. The maximum atomic E-state index is 12.3. The highest BCUT2D eigenvalue weighted by Crippen LogP contribution is 2.25. The van der Waals surface area contributed by atoms with Gasteiger partial charge in [0.15, 0.2) is 0 Å².